The number of nitrogens with zero attached hydrogens (tertiary/aromatic N) is 1. The highest BCUT2D eigenvalue weighted by molar-refractivity contribution is 5.95. The molecule has 1 aliphatic carbocycles. The molecule has 1 nitrogen and oxygen atoms in total. The van der Waals surface area contributed by atoms with Crippen molar-refractivity contribution in [2.24, 2.45) is 0 Å². The van der Waals surface area contributed by atoms with E-state index in [1.165, 1.54) is 66.9 Å². The molecule has 0 heterocycles. The zero-order chi connectivity index (χ0) is 34.5. The molecule has 0 aromatic heterocycles. The lowest BCUT2D eigenvalue weighted by Gasteiger charge is -2.35. The molecule has 0 atom stereocenters. The topological polar surface area (TPSA) is 3.24 Å². The summed E-state index contributed by atoms with van der Waals surface area (Å²) >= 11 is 0. The lowest BCUT2D eigenvalue weighted by molar-refractivity contribution is 0.591. The molecule has 0 amide bonds. The van der Waals surface area contributed by atoms with Crippen LogP contribution in [0.25, 0.3) is 44.5 Å². The van der Waals surface area contributed by atoms with Gasteiger partial charge in [0.25, 0.3) is 0 Å². The van der Waals surface area contributed by atoms with Crippen LogP contribution in [-0.4, -0.2) is 0 Å². The lowest BCUT2D eigenvalue weighted by Crippen LogP contribution is -2.21. The minimum atomic E-state index is -0.155. The molecule has 1 heteroatoms. The van der Waals surface area contributed by atoms with Crippen LogP contribution in [0.2, 0.25) is 0 Å². The molecule has 7 aromatic carbocycles. The minimum Gasteiger partial charge on any atom is -0.310 e. The van der Waals surface area contributed by atoms with Crippen molar-refractivity contribution in [1.29, 1.82) is 0 Å². The Morgan fingerprint density at radius 1 is 0.400 bits per heavy atom. The van der Waals surface area contributed by atoms with Gasteiger partial charge in [-0.25, -0.2) is 0 Å². The standard InChI is InChI=1S/C49H43N/c1-48(2,3)46-32-38(35-19-11-7-12-20-35)31-43(37-21-13-8-14-22-37)47(46)50(39-27-25-36(26-28-39)34-17-9-6-10-18-34)40-29-30-42-41-23-15-16-24-44(41)49(4,5)45(42)33-40/h6-33H,1-5H3. The van der Waals surface area contributed by atoms with Gasteiger partial charge in [-0.3, -0.25) is 0 Å². The van der Waals surface area contributed by atoms with Crippen molar-refractivity contribution in [3.63, 3.8) is 0 Å². The van der Waals surface area contributed by atoms with Gasteiger partial charge in [0.2, 0.25) is 0 Å². The molecular weight excluding hydrogens is 603 g/mol. The van der Waals surface area contributed by atoms with Crippen molar-refractivity contribution >= 4 is 17.1 Å². The van der Waals surface area contributed by atoms with E-state index in [2.05, 4.69) is 209 Å². The van der Waals surface area contributed by atoms with Gasteiger partial charge in [0.05, 0.1) is 5.69 Å². The van der Waals surface area contributed by atoms with Gasteiger partial charge in [0, 0.05) is 22.4 Å². The van der Waals surface area contributed by atoms with E-state index in [0.717, 1.165) is 11.4 Å². The van der Waals surface area contributed by atoms with E-state index in [0.29, 0.717) is 0 Å². The largest absolute Gasteiger partial charge is 0.310 e. The monoisotopic (exact) mass is 645 g/mol. The van der Waals surface area contributed by atoms with E-state index in [4.69, 9.17) is 0 Å². The van der Waals surface area contributed by atoms with Gasteiger partial charge in [0.1, 0.15) is 0 Å². The predicted molar refractivity (Wildman–Crippen MR) is 214 cm³/mol. The van der Waals surface area contributed by atoms with Crippen molar-refractivity contribution in [3.05, 3.63) is 187 Å². The zero-order valence-electron chi connectivity index (χ0n) is 29.6. The quantitative estimate of drug-likeness (QED) is 0.174. The average Bonchev–Trinajstić information content (AvgIpc) is 3.38. The third-order valence-corrected chi connectivity index (χ3v) is 10.4. The number of fused-ring (bicyclic) bond motifs is 3. The van der Waals surface area contributed by atoms with Gasteiger partial charge in [-0.05, 0) is 97.4 Å². The average molecular weight is 646 g/mol. The van der Waals surface area contributed by atoms with Crippen LogP contribution in [0.5, 0.6) is 0 Å². The summed E-state index contributed by atoms with van der Waals surface area (Å²) in [5.41, 5.74) is 17.2. The van der Waals surface area contributed by atoms with Gasteiger partial charge in [-0.2, -0.15) is 0 Å². The van der Waals surface area contributed by atoms with E-state index in [-0.39, 0.29) is 10.8 Å². The van der Waals surface area contributed by atoms with Crippen molar-refractivity contribution in [2.75, 3.05) is 4.90 Å². The van der Waals surface area contributed by atoms with E-state index >= 15 is 0 Å². The van der Waals surface area contributed by atoms with E-state index in [1.807, 2.05) is 0 Å². The summed E-state index contributed by atoms with van der Waals surface area (Å²) in [6.07, 6.45) is 0. The first-order valence-corrected chi connectivity index (χ1v) is 17.7. The Labute approximate surface area is 297 Å². The fraction of sp³-hybridized carbons (Fsp3) is 0.143. The summed E-state index contributed by atoms with van der Waals surface area (Å²) in [5, 5.41) is 0. The lowest BCUT2D eigenvalue weighted by atomic mass is 9.80. The van der Waals surface area contributed by atoms with Crippen molar-refractivity contribution in [3.8, 4) is 44.5 Å². The minimum absolute atomic E-state index is 0.114. The number of hydrogen-bond donors (Lipinski definition) is 0. The molecule has 8 rings (SSSR count). The van der Waals surface area contributed by atoms with Crippen molar-refractivity contribution in [1.82, 2.24) is 0 Å². The Kier molecular flexibility index (Phi) is 7.80. The molecular formula is C49H43N. The van der Waals surface area contributed by atoms with E-state index < -0.39 is 0 Å². The van der Waals surface area contributed by atoms with Crippen LogP contribution >= 0.6 is 0 Å². The fourth-order valence-corrected chi connectivity index (χ4v) is 7.75. The molecule has 0 radical (unpaired) electrons. The van der Waals surface area contributed by atoms with Gasteiger partial charge in [-0.1, -0.05) is 168 Å². The van der Waals surface area contributed by atoms with Crippen molar-refractivity contribution < 1.29 is 0 Å². The summed E-state index contributed by atoms with van der Waals surface area (Å²) in [4.78, 5) is 2.52. The second kappa shape index (κ2) is 12.3. The van der Waals surface area contributed by atoms with Gasteiger partial charge < -0.3 is 4.90 Å². The van der Waals surface area contributed by atoms with Crippen LogP contribution < -0.4 is 4.90 Å². The normalized spacial score (nSPS) is 13.1. The maximum Gasteiger partial charge on any atom is 0.0577 e. The molecule has 7 aromatic rings. The molecule has 0 spiro atoms. The highest BCUT2D eigenvalue weighted by Crippen LogP contribution is 2.53. The Balaban J connectivity index is 1.42. The molecule has 0 fully saturated rings. The maximum absolute atomic E-state index is 2.52. The number of benzene rings is 7. The Hall–Kier alpha value is -5.66. The second-order valence-corrected chi connectivity index (χ2v) is 15.1. The molecule has 0 saturated carbocycles. The van der Waals surface area contributed by atoms with E-state index in [9.17, 15) is 0 Å². The maximum atomic E-state index is 2.52. The molecule has 50 heavy (non-hydrogen) atoms. The molecule has 0 N–H and O–H groups in total. The summed E-state index contributed by atoms with van der Waals surface area (Å²) < 4.78 is 0. The molecule has 0 saturated heterocycles. The number of anilines is 3. The highest BCUT2D eigenvalue weighted by atomic mass is 15.1. The smallest absolute Gasteiger partial charge is 0.0577 e. The van der Waals surface area contributed by atoms with Gasteiger partial charge >= 0.3 is 0 Å². The first kappa shape index (κ1) is 31.6. The van der Waals surface area contributed by atoms with Crippen LogP contribution in [0, 0.1) is 0 Å². The third-order valence-electron chi connectivity index (χ3n) is 10.4. The van der Waals surface area contributed by atoms with Crippen LogP contribution in [0.15, 0.2) is 170 Å². The molecule has 0 aliphatic heterocycles. The van der Waals surface area contributed by atoms with Crippen molar-refractivity contribution in [2.45, 2.75) is 45.4 Å². The molecule has 0 unspecified atom stereocenters. The second-order valence-electron chi connectivity index (χ2n) is 15.1. The first-order chi connectivity index (χ1) is 24.2. The third kappa shape index (κ3) is 5.53. The highest BCUT2D eigenvalue weighted by Gasteiger charge is 2.36. The Bertz CT molecular complexity index is 2290. The van der Waals surface area contributed by atoms with Gasteiger partial charge in [0.15, 0.2) is 0 Å². The molecule has 1 aliphatic rings. The molecule has 244 valence electrons. The van der Waals surface area contributed by atoms with Crippen LogP contribution in [0.4, 0.5) is 17.1 Å². The molecule has 0 bridgehead atoms. The van der Waals surface area contributed by atoms with Crippen LogP contribution in [0.3, 0.4) is 0 Å². The Morgan fingerprint density at radius 2 is 0.900 bits per heavy atom. The summed E-state index contributed by atoms with van der Waals surface area (Å²) in [5.74, 6) is 0. The number of rotatable bonds is 6. The summed E-state index contributed by atoms with van der Waals surface area (Å²) in [7, 11) is 0. The SMILES string of the molecule is CC(C)(C)c1cc(-c2ccccc2)cc(-c2ccccc2)c1N(c1ccc(-c2ccccc2)cc1)c1ccc2c(c1)C(C)(C)c1ccccc1-2. The fourth-order valence-electron chi connectivity index (χ4n) is 7.75. The first-order valence-electron chi connectivity index (χ1n) is 17.7. The summed E-state index contributed by atoms with van der Waals surface area (Å²) in [6, 6.07) is 62.3. The van der Waals surface area contributed by atoms with Crippen LogP contribution in [-0.2, 0) is 10.8 Å². The van der Waals surface area contributed by atoms with Gasteiger partial charge in [-0.15, -0.1) is 0 Å². The summed E-state index contributed by atoms with van der Waals surface area (Å²) in [6.45, 7) is 11.8. The Morgan fingerprint density at radius 3 is 1.52 bits per heavy atom. The van der Waals surface area contributed by atoms with E-state index in [1.54, 1.807) is 0 Å². The zero-order valence-corrected chi connectivity index (χ0v) is 29.6. The predicted octanol–water partition coefficient (Wildman–Crippen LogP) is 13.8. The van der Waals surface area contributed by atoms with Crippen LogP contribution in [0.1, 0.15) is 51.3 Å². The number of hydrogen-bond acceptors (Lipinski definition) is 1.